The second-order valence-corrected chi connectivity index (χ2v) is 9.11. The Balaban J connectivity index is 1.38. The van der Waals surface area contributed by atoms with Crippen LogP contribution < -0.4 is 20.0 Å². The first-order valence-corrected chi connectivity index (χ1v) is 11.6. The zero-order valence-corrected chi connectivity index (χ0v) is 20.4. The lowest BCUT2D eigenvalue weighted by Gasteiger charge is -2.29. The SMILES string of the molecule is C=C1C=NN(c2cc(Cl)c(Oc3ccc4c(c3)CCN(c3ccc(Cl)cc3)C4=O)c(Cl)c2)C(=O)N1. The summed E-state index contributed by atoms with van der Waals surface area (Å²) >= 11 is 18.8. The fourth-order valence-corrected chi connectivity index (χ4v) is 4.54. The van der Waals surface area contributed by atoms with E-state index in [9.17, 15) is 9.59 Å². The second-order valence-electron chi connectivity index (χ2n) is 7.85. The number of nitrogens with zero attached hydrogens (tertiary/aromatic N) is 3. The first kappa shape index (κ1) is 23.2. The summed E-state index contributed by atoms with van der Waals surface area (Å²) in [5.41, 5.74) is 3.00. The summed E-state index contributed by atoms with van der Waals surface area (Å²) in [4.78, 5) is 27.0. The van der Waals surface area contributed by atoms with Crippen molar-refractivity contribution in [2.75, 3.05) is 16.5 Å². The number of allylic oxidation sites excluding steroid dienone is 1. The molecular weight excluding hydrogens is 511 g/mol. The zero-order chi connectivity index (χ0) is 24.7. The van der Waals surface area contributed by atoms with E-state index < -0.39 is 6.03 Å². The molecule has 1 N–H and O–H groups in total. The third-order valence-electron chi connectivity index (χ3n) is 5.53. The standard InChI is InChI=1S/C25H17Cl3N4O3/c1-14-13-29-32(25(34)30-14)18-11-21(27)23(22(28)12-18)35-19-6-7-20-15(10-19)8-9-31(24(20)33)17-4-2-16(26)3-5-17/h2-7,10-13H,1,8-9H2,(H,30,34). The van der Waals surface area contributed by atoms with Crippen LogP contribution in [0.25, 0.3) is 0 Å². The number of urea groups is 1. The van der Waals surface area contributed by atoms with Gasteiger partial charge in [-0.1, -0.05) is 41.4 Å². The molecule has 0 aliphatic carbocycles. The monoisotopic (exact) mass is 526 g/mol. The van der Waals surface area contributed by atoms with Crippen LogP contribution in [-0.4, -0.2) is 24.7 Å². The van der Waals surface area contributed by atoms with E-state index in [4.69, 9.17) is 39.5 Å². The molecule has 0 atom stereocenters. The van der Waals surface area contributed by atoms with Gasteiger partial charge in [0, 0.05) is 22.8 Å². The Bertz CT molecular complexity index is 1380. The molecule has 2 heterocycles. The highest BCUT2D eigenvalue weighted by atomic mass is 35.5. The van der Waals surface area contributed by atoms with Crippen LogP contribution in [0, 0.1) is 0 Å². The molecule has 0 radical (unpaired) electrons. The molecular formula is C25H17Cl3N4O3. The summed E-state index contributed by atoms with van der Waals surface area (Å²) in [6.45, 7) is 4.16. The Hall–Kier alpha value is -3.52. The van der Waals surface area contributed by atoms with Crippen molar-refractivity contribution in [2.24, 2.45) is 5.10 Å². The molecule has 0 unspecified atom stereocenters. The number of ether oxygens (including phenoxy) is 1. The van der Waals surface area contributed by atoms with Gasteiger partial charge in [0.1, 0.15) is 5.75 Å². The van der Waals surface area contributed by atoms with Crippen LogP contribution in [0.4, 0.5) is 16.2 Å². The number of fused-ring (bicyclic) bond motifs is 1. The van der Waals surface area contributed by atoms with Gasteiger partial charge in [-0.2, -0.15) is 10.1 Å². The molecule has 0 bridgehead atoms. The molecule has 3 aromatic carbocycles. The molecule has 0 saturated carbocycles. The largest absolute Gasteiger partial charge is 0.454 e. The number of hydrazone groups is 1. The molecule has 2 aliphatic heterocycles. The van der Waals surface area contributed by atoms with Crippen LogP contribution in [0.1, 0.15) is 15.9 Å². The number of halogens is 3. The van der Waals surface area contributed by atoms with E-state index >= 15 is 0 Å². The summed E-state index contributed by atoms with van der Waals surface area (Å²) in [6.07, 6.45) is 2.06. The smallest absolute Gasteiger partial charge is 0.347 e. The average molecular weight is 528 g/mol. The van der Waals surface area contributed by atoms with Crippen molar-refractivity contribution in [1.82, 2.24) is 5.32 Å². The highest BCUT2D eigenvalue weighted by Gasteiger charge is 2.26. The molecule has 3 aromatic rings. The van der Waals surface area contributed by atoms with Crippen LogP contribution in [0.15, 0.2) is 72.0 Å². The van der Waals surface area contributed by atoms with Crippen LogP contribution in [0.3, 0.4) is 0 Å². The minimum Gasteiger partial charge on any atom is -0.454 e. The Kier molecular flexibility index (Phi) is 6.15. The molecule has 0 spiro atoms. The van der Waals surface area contributed by atoms with E-state index in [1.807, 2.05) is 12.1 Å². The quantitative estimate of drug-likeness (QED) is 0.412. The van der Waals surface area contributed by atoms with E-state index in [-0.39, 0.29) is 21.7 Å². The highest BCUT2D eigenvalue weighted by molar-refractivity contribution is 6.37. The van der Waals surface area contributed by atoms with Gasteiger partial charge < -0.3 is 15.0 Å². The maximum absolute atomic E-state index is 13.1. The number of nitrogens with one attached hydrogen (secondary N) is 1. The van der Waals surface area contributed by atoms with Gasteiger partial charge >= 0.3 is 6.03 Å². The molecule has 10 heteroatoms. The van der Waals surface area contributed by atoms with Crippen molar-refractivity contribution >= 4 is 64.3 Å². The molecule has 2 aliphatic rings. The maximum atomic E-state index is 13.1. The van der Waals surface area contributed by atoms with Gasteiger partial charge in [0.15, 0.2) is 5.75 Å². The Morgan fingerprint density at radius 3 is 2.34 bits per heavy atom. The number of benzene rings is 3. The van der Waals surface area contributed by atoms with Crippen molar-refractivity contribution in [1.29, 1.82) is 0 Å². The van der Waals surface area contributed by atoms with Crippen molar-refractivity contribution in [2.45, 2.75) is 6.42 Å². The molecule has 0 saturated heterocycles. The molecule has 3 amide bonds. The van der Waals surface area contributed by atoms with E-state index in [0.717, 1.165) is 16.3 Å². The van der Waals surface area contributed by atoms with Gasteiger partial charge in [0.2, 0.25) is 0 Å². The Morgan fingerprint density at radius 2 is 1.66 bits per heavy atom. The van der Waals surface area contributed by atoms with Gasteiger partial charge in [0.25, 0.3) is 5.91 Å². The predicted octanol–water partition coefficient (Wildman–Crippen LogP) is 6.67. The number of rotatable bonds is 4. The lowest BCUT2D eigenvalue weighted by Crippen LogP contribution is -2.40. The first-order valence-electron chi connectivity index (χ1n) is 10.5. The van der Waals surface area contributed by atoms with Crippen LogP contribution in [0.2, 0.25) is 15.1 Å². The van der Waals surface area contributed by atoms with Gasteiger partial charge in [-0.05, 0) is 66.6 Å². The highest BCUT2D eigenvalue weighted by Crippen LogP contribution is 2.41. The Labute approximate surface area is 216 Å². The Morgan fingerprint density at radius 1 is 0.943 bits per heavy atom. The molecule has 0 fully saturated rings. The molecule has 5 rings (SSSR count). The minimum atomic E-state index is -0.481. The van der Waals surface area contributed by atoms with Crippen molar-refractivity contribution in [3.8, 4) is 11.5 Å². The number of carbonyl (C=O) groups excluding carboxylic acids is 2. The molecule has 7 nitrogen and oxygen atoms in total. The number of hydrogen-bond acceptors (Lipinski definition) is 4. The van der Waals surface area contributed by atoms with Crippen molar-refractivity contribution in [3.05, 3.63) is 93.1 Å². The van der Waals surface area contributed by atoms with Gasteiger partial charge in [0.05, 0.1) is 27.6 Å². The summed E-state index contributed by atoms with van der Waals surface area (Å²) in [7, 11) is 0. The summed E-state index contributed by atoms with van der Waals surface area (Å²) in [5, 5.41) is 8.73. The number of anilines is 2. The van der Waals surface area contributed by atoms with Gasteiger partial charge in [-0.3, -0.25) is 4.79 Å². The zero-order valence-electron chi connectivity index (χ0n) is 18.1. The predicted molar refractivity (Wildman–Crippen MR) is 138 cm³/mol. The minimum absolute atomic E-state index is 0.0939. The summed E-state index contributed by atoms with van der Waals surface area (Å²) < 4.78 is 5.98. The van der Waals surface area contributed by atoms with Crippen LogP contribution >= 0.6 is 34.8 Å². The van der Waals surface area contributed by atoms with Crippen LogP contribution in [-0.2, 0) is 6.42 Å². The van der Waals surface area contributed by atoms with Crippen molar-refractivity contribution < 1.29 is 14.3 Å². The van der Waals surface area contributed by atoms with Crippen molar-refractivity contribution in [3.63, 3.8) is 0 Å². The third-order valence-corrected chi connectivity index (χ3v) is 6.35. The second kappa shape index (κ2) is 9.26. The number of carbonyl (C=O) groups is 2. The molecule has 176 valence electrons. The normalized spacial score (nSPS) is 15.2. The summed E-state index contributed by atoms with van der Waals surface area (Å²) in [5.74, 6) is 0.620. The number of amides is 3. The van der Waals surface area contributed by atoms with Gasteiger partial charge in [-0.15, -0.1) is 0 Å². The lowest BCUT2D eigenvalue weighted by molar-refractivity contribution is 0.0980. The van der Waals surface area contributed by atoms with Gasteiger partial charge in [-0.25, -0.2) is 4.79 Å². The molecule has 35 heavy (non-hydrogen) atoms. The number of hydrogen-bond donors (Lipinski definition) is 1. The fraction of sp³-hybridized carbons (Fsp3) is 0.0800. The third kappa shape index (κ3) is 4.58. The lowest BCUT2D eigenvalue weighted by atomic mass is 9.98. The van der Waals surface area contributed by atoms with E-state index in [1.54, 1.807) is 35.2 Å². The molecule has 0 aromatic heterocycles. The maximum Gasteiger partial charge on any atom is 0.347 e. The topological polar surface area (TPSA) is 74.2 Å². The fourth-order valence-electron chi connectivity index (χ4n) is 3.87. The average Bonchev–Trinajstić information content (AvgIpc) is 2.82. The first-order chi connectivity index (χ1) is 16.8. The van der Waals surface area contributed by atoms with E-state index in [0.29, 0.717) is 40.7 Å². The summed E-state index contributed by atoms with van der Waals surface area (Å²) in [6, 6.07) is 15.0. The van der Waals surface area contributed by atoms with E-state index in [1.165, 1.54) is 18.3 Å². The van der Waals surface area contributed by atoms with E-state index in [2.05, 4.69) is 17.0 Å². The van der Waals surface area contributed by atoms with Crippen LogP contribution in [0.5, 0.6) is 11.5 Å².